The van der Waals surface area contributed by atoms with Gasteiger partial charge in [-0.15, -0.1) is 0 Å². The third-order valence-corrected chi connectivity index (χ3v) is 4.07. The average Bonchev–Trinajstić information content (AvgIpc) is 2.69. The van der Waals surface area contributed by atoms with Crippen molar-refractivity contribution in [3.8, 4) is 5.75 Å². The Labute approximate surface area is 174 Å². The number of hydrogen-bond donors (Lipinski definition) is 3. The van der Waals surface area contributed by atoms with E-state index in [1.807, 2.05) is 44.2 Å². The van der Waals surface area contributed by atoms with E-state index >= 15 is 0 Å². The van der Waals surface area contributed by atoms with E-state index in [0.717, 1.165) is 18.1 Å². The van der Waals surface area contributed by atoms with Crippen LogP contribution in [0.4, 0.5) is 23.0 Å². The van der Waals surface area contributed by atoms with Crippen molar-refractivity contribution in [2.75, 3.05) is 29.1 Å². The van der Waals surface area contributed by atoms with Gasteiger partial charge in [0.25, 0.3) is 5.91 Å². The Kier molecular flexibility index (Phi) is 6.86. The molecule has 2 aromatic carbocycles. The van der Waals surface area contributed by atoms with E-state index in [9.17, 15) is 4.79 Å². The number of benzene rings is 2. The molecule has 0 aliphatic heterocycles. The highest BCUT2D eigenvalue weighted by atomic mass is 35.5. The zero-order valence-corrected chi connectivity index (χ0v) is 17.0. The zero-order valence-electron chi connectivity index (χ0n) is 16.2. The molecular formula is C21H22ClN5O2. The molecule has 1 aromatic heterocycles. The van der Waals surface area contributed by atoms with Crippen molar-refractivity contribution in [3.63, 3.8) is 0 Å². The lowest BCUT2D eigenvalue weighted by Crippen LogP contribution is -2.20. The van der Waals surface area contributed by atoms with Gasteiger partial charge >= 0.3 is 0 Å². The molecule has 0 aliphatic rings. The molecule has 3 N–H and O–H groups in total. The van der Waals surface area contributed by atoms with Crippen molar-refractivity contribution in [2.45, 2.75) is 13.8 Å². The van der Waals surface area contributed by atoms with Crippen LogP contribution in [0, 0.1) is 6.92 Å². The molecule has 0 bridgehead atoms. The number of halogens is 1. The van der Waals surface area contributed by atoms with Crippen LogP contribution < -0.4 is 20.7 Å². The van der Waals surface area contributed by atoms with E-state index in [0.29, 0.717) is 28.1 Å². The number of aryl methyl sites for hydroxylation is 1. The molecule has 0 radical (unpaired) electrons. The minimum absolute atomic E-state index is 0.0882. The van der Waals surface area contributed by atoms with E-state index in [1.54, 1.807) is 24.3 Å². The van der Waals surface area contributed by atoms with Gasteiger partial charge in [-0.25, -0.2) is 9.97 Å². The van der Waals surface area contributed by atoms with E-state index < -0.39 is 0 Å². The lowest BCUT2D eigenvalue weighted by molar-refractivity contribution is -0.118. The number of ether oxygens (including phenoxy) is 1. The molecule has 0 atom stereocenters. The highest BCUT2D eigenvalue weighted by molar-refractivity contribution is 6.30. The fourth-order valence-corrected chi connectivity index (χ4v) is 2.69. The Morgan fingerprint density at radius 1 is 1.00 bits per heavy atom. The molecule has 29 heavy (non-hydrogen) atoms. The largest absolute Gasteiger partial charge is 0.484 e. The summed E-state index contributed by atoms with van der Waals surface area (Å²) < 4.78 is 5.44. The van der Waals surface area contributed by atoms with Crippen LogP contribution in [0.1, 0.15) is 12.7 Å². The Balaban J connectivity index is 1.54. The van der Waals surface area contributed by atoms with Gasteiger partial charge in [-0.05, 0) is 62.4 Å². The van der Waals surface area contributed by atoms with Gasteiger partial charge in [0.05, 0.1) is 0 Å². The number of amides is 1. The summed E-state index contributed by atoms with van der Waals surface area (Å²) >= 11 is 5.82. The Bertz CT molecular complexity index is 962. The minimum Gasteiger partial charge on any atom is -0.484 e. The van der Waals surface area contributed by atoms with Gasteiger partial charge in [-0.2, -0.15) is 0 Å². The molecule has 0 saturated carbocycles. The SMILES string of the molecule is CCNc1cc(Nc2ccc(NC(=O)COc3ccc(Cl)cc3)cc2)nc(C)n1. The first-order valence-corrected chi connectivity index (χ1v) is 9.54. The van der Waals surface area contributed by atoms with E-state index in [2.05, 4.69) is 25.9 Å². The monoisotopic (exact) mass is 411 g/mol. The van der Waals surface area contributed by atoms with Gasteiger partial charge < -0.3 is 20.7 Å². The molecule has 1 amide bonds. The van der Waals surface area contributed by atoms with Crippen LogP contribution >= 0.6 is 11.6 Å². The standard InChI is InChI=1S/C21H22ClN5O2/c1-3-23-19-12-20(25-14(2)24-19)26-16-6-8-17(9-7-16)27-21(28)13-29-18-10-4-15(22)5-11-18/h4-12H,3,13H2,1-2H3,(H,27,28)(H2,23,24,25,26). The van der Waals surface area contributed by atoms with Crippen molar-refractivity contribution >= 4 is 40.5 Å². The van der Waals surface area contributed by atoms with Crippen LogP contribution in [-0.4, -0.2) is 29.0 Å². The summed E-state index contributed by atoms with van der Waals surface area (Å²) in [7, 11) is 0. The molecule has 0 aliphatic carbocycles. The number of anilines is 4. The summed E-state index contributed by atoms with van der Waals surface area (Å²) in [5, 5.41) is 9.82. The molecule has 0 unspecified atom stereocenters. The van der Waals surface area contributed by atoms with Gasteiger partial charge in [-0.3, -0.25) is 4.79 Å². The van der Waals surface area contributed by atoms with E-state index in [1.165, 1.54) is 0 Å². The Morgan fingerprint density at radius 3 is 2.34 bits per heavy atom. The van der Waals surface area contributed by atoms with Crippen LogP contribution in [0.5, 0.6) is 5.75 Å². The number of rotatable bonds is 8. The van der Waals surface area contributed by atoms with Crippen molar-refractivity contribution in [1.82, 2.24) is 9.97 Å². The molecular weight excluding hydrogens is 390 g/mol. The van der Waals surface area contributed by atoms with Crippen molar-refractivity contribution < 1.29 is 9.53 Å². The molecule has 0 spiro atoms. The highest BCUT2D eigenvalue weighted by Gasteiger charge is 2.05. The maximum atomic E-state index is 12.1. The summed E-state index contributed by atoms with van der Waals surface area (Å²) in [6.07, 6.45) is 0. The third-order valence-electron chi connectivity index (χ3n) is 3.82. The molecule has 3 aromatic rings. The first kappa shape index (κ1) is 20.4. The van der Waals surface area contributed by atoms with Crippen LogP contribution in [0.15, 0.2) is 54.6 Å². The molecule has 3 rings (SSSR count). The number of nitrogens with one attached hydrogen (secondary N) is 3. The summed E-state index contributed by atoms with van der Waals surface area (Å²) in [6, 6.07) is 16.0. The summed E-state index contributed by atoms with van der Waals surface area (Å²) in [5.41, 5.74) is 1.52. The predicted molar refractivity (Wildman–Crippen MR) is 116 cm³/mol. The lowest BCUT2D eigenvalue weighted by atomic mass is 10.2. The van der Waals surface area contributed by atoms with Crippen molar-refractivity contribution in [2.24, 2.45) is 0 Å². The fourth-order valence-electron chi connectivity index (χ4n) is 2.56. The number of carbonyl (C=O) groups is 1. The first-order chi connectivity index (χ1) is 14.0. The van der Waals surface area contributed by atoms with Crippen molar-refractivity contribution in [1.29, 1.82) is 0 Å². The number of aromatic nitrogens is 2. The topological polar surface area (TPSA) is 88.2 Å². The van der Waals surface area contributed by atoms with Crippen molar-refractivity contribution in [3.05, 3.63) is 65.4 Å². The second kappa shape index (κ2) is 9.75. The fraction of sp³-hybridized carbons (Fsp3) is 0.190. The predicted octanol–water partition coefficient (Wildman–Crippen LogP) is 4.63. The third kappa shape index (κ3) is 6.36. The van der Waals surface area contributed by atoms with Gasteiger partial charge in [0.15, 0.2) is 6.61 Å². The van der Waals surface area contributed by atoms with Gasteiger partial charge in [0, 0.05) is 29.0 Å². The maximum absolute atomic E-state index is 12.1. The van der Waals surface area contributed by atoms with Gasteiger partial charge in [-0.1, -0.05) is 11.6 Å². The molecule has 7 nitrogen and oxygen atoms in total. The average molecular weight is 412 g/mol. The minimum atomic E-state index is -0.248. The quantitative estimate of drug-likeness (QED) is 0.500. The molecule has 150 valence electrons. The normalized spacial score (nSPS) is 10.3. The first-order valence-electron chi connectivity index (χ1n) is 9.16. The van der Waals surface area contributed by atoms with Crippen LogP contribution in [0.25, 0.3) is 0 Å². The highest BCUT2D eigenvalue weighted by Crippen LogP contribution is 2.20. The molecule has 0 saturated heterocycles. The number of hydrogen-bond acceptors (Lipinski definition) is 6. The smallest absolute Gasteiger partial charge is 0.262 e. The summed E-state index contributed by atoms with van der Waals surface area (Å²) in [6.45, 7) is 4.55. The molecule has 8 heteroatoms. The number of carbonyl (C=O) groups excluding carboxylic acids is 1. The van der Waals surface area contributed by atoms with Crippen LogP contribution in [-0.2, 0) is 4.79 Å². The molecule has 1 heterocycles. The maximum Gasteiger partial charge on any atom is 0.262 e. The number of nitrogens with zero attached hydrogens (tertiary/aromatic N) is 2. The summed E-state index contributed by atoms with van der Waals surface area (Å²) in [4.78, 5) is 20.8. The van der Waals surface area contributed by atoms with E-state index in [-0.39, 0.29) is 12.5 Å². The van der Waals surface area contributed by atoms with Gasteiger partial charge in [0.1, 0.15) is 23.2 Å². The second-order valence-electron chi connectivity index (χ2n) is 6.21. The zero-order chi connectivity index (χ0) is 20.6. The van der Waals surface area contributed by atoms with Crippen LogP contribution in [0.3, 0.4) is 0 Å². The van der Waals surface area contributed by atoms with Gasteiger partial charge in [0.2, 0.25) is 0 Å². The lowest BCUT2D eigenvalue weighted by Gasteiger charge is -2.11. The van der Waals surface area contributed by atoms with Crippen LogP contribution in [0.2, 0.25) is 5.02 Å². The Hall–Kier alpha value is -3.32. The summed E-state index contributed by atoms with van der Waals surface area (Å²) in [5.74, 6) is 2.48. The van der Waals surface area contributed by atoms with E-state index in [4.69, 9.17) is 16.3 Å². The molecule has 0 fully saturated rings. The Morgan fingerprint density at radius 2 is 1.66 bits per heavy atom. The second-order valence-corrected chi connectivity index (χ2v) is 6.65.